The Morgan fingerprint density at radius 1 is 1.30 bits per heavy atom. The summed E-state index contributed by atoms with van der Waals surface area (Å²) in [4.78, 5) is 23.3. The standard InChI is InChI=1S/C21H22N2O4/c1-3-26-18-12-16-10-13(2)27-19(16)11-15(18)6-9-20(24)23-17-7-4-14(5-8-17)21(22)25/h4-9,11-13H,3,10H2,1-2H3,(H2,22,25)(H,23,24)/b9-6+/t13-/m0/s1. The number of rotatable bonds is 6. The Morgan fingerprint density at radius 3 is 2.70 bits per heavy atom. The van der Waals surface area contributed by atoms with E-state index in [1.807, 2.05) is 26.0 Å². The van der Waals surface area contributed by atoms with E-state index in [0.717, 1.165) is 29.0 Å². The van der Waals surface area contributed by atoms with E-state index in [2.05, 4.69) is 5.32 Å². The number of fused-ring (bicyclic) bond motifs is 1. The van der Waals surface area contributed by atoms with Crippen LogP contribution in [0.5, 0.6) is 11.5 Å². The fourth-order valence-electron chi connectivity index (χ4n) is 2.93. The van der Waals surface area contributed by atoms with E-state index in [0.29, 0.717) is 17.9 Å². The molecule has 6 heteroatoms. The van der Waals surface area contributed by atoms with Crippen LogP contribution in [0.3, 0.4) is 0 Å². The maximum Gasteiger partial charge on any atom is 0.248 e. The first-order valence-corrected chi connectivity index (χ1v) is 8.81. The molecule has 0 saturated heterocycles. The minimum absolute atomic E-state index is 0.139. The quantitative estimate of drug-likeness (QED) is 0.769. The smallest absolute Gasteiger partial charge is 0.248 e. The summed E-state index contributed by atoms with van der Waals surface area (Å²) in [7, 11) is 0. The van der Waals surface area contributed by atoms with E-state index in [1.165, 1.54) is 6.08 Å². The molecular weight excluding hydrogens is 344 g/mol. The van der Waals surface area contributed by atoms with Crippen molar-refractivity contribution in [2.24, 2.45) is 5.73 Å². The fraction of sp³-hybridized carbons (Fsp3) is 0.238. The van der Waals surface area contributed by atoms with Crippen molar-refractivity contribution >= 4 is 23.6 Å². The number of nitrogens with two attached hydrogens (primary N) is 1. The predicted molar refractivity (Wildman–Crippen MR) is 104 cm³/mol. The lowest BCUT2D eigenvalue weighted by molar-refractivity contribution is -0.111. The molecule has 0 aromatic heterocycles. The molecule has 1 aliphatic rings. The molecule has 3 rings (SSSR count). The van der Waals surface area contributed by atoms with Gasteiger partial charge in [-0.25, -0.2) is 0 Å². The highest BCUT2D eigenvalue weighted by Gasteiger charge is 2.21. The zero-order valence-corrected chi connectivity index (χ0v) is 15.3. The first-order chi connectivity index (χ1) is 13.0. The summed E-state index contributed by atoms with van der Waals surface area (Å²) < 4.78 is 11.5. The molecule has 1 heterocycles. The van der Waals surface area contributed by atoms with Gasteiger partial charge in [0.1, 0.15) is 17.6 Å². The van der Waals surface area contributed by atoms with Crippen LogP contribution in [-0.2, 0) is 11.2 Å². The second kappa shape index (κ2) is 7.95. The third kappa shape index (κ3) is 4.47. The molecule has 2 amide bonds. The maximum atomic E-state index is 12.2. The summed E-state index contributed by atoms with van der Waals surface area (Å²) in [6, 6.07) is 10.3. The number of benzene rings is 2. The van der Waals surface area contributed by atoms with Gasteiger partial charge in [0.2, 0.25) is 11.8 Å². The molecular formula is C21H22N2O4. The number of anilines is 1. The van der Waals surface area contributed by atoms with Gasteiger partial charge in [-0.05, 0) is 56.3 Å². The highest BCUT2D eigenvalue weighted by molar-refractivity contribution is 6.02. The molecule has 2 aromatic carbocycles. The SMILES string of the molecule is CCOc1cc2c(cc1/C=C/C(=O)Nc1ccc(C(N)=O)cc1)O[C@@H](C)C2. The number of ether oxygens (including phenoxy) is 2. The van der Waals surface area contributed by atoms with Crippen molar-refractivity contribution in [2.75, 3.05) is 11.9 Å². The largest absolute Gasteiger partial charge is 0.493 e. The van der Waals surface area contributed by atoms with Crippen LogP contribution in [0.2, 0.25) is 0 Å². The number of nitrogens with one attached hydrogen (secondary N) is 1. The Hall–Kier alpha value is -3.28. The van der Waals surface area contributed by atoms with Crippen molar-refractivity contribution in [1.82, 2.24) is 0 Å². The van der Waals surface area contributed by atoms with Crippen LogP contribution in [0.25, 0.3) is 6.08 Å². The average Bonchev–Trinajstić information content (AvgIpc) is 2.99. The third-order valence-corrected chi connectivity index (χ3v) is 4.18. The van der Waals surface area contributed by atoms with E-state index in [9.17, 15) is 9.59 Å². The third-order valence-electron chi connectivity index (χ3n) is 4.18. The minimum Gasteiger partial charge on any atom is -0.493 e. The van der Waals surface area contributed by atoms with Gasteiger partial charge in [-0.1, -0.05) is 0 Å². The normalized spacial score (nSPS) is 15.3. The average molecular weight is 366 g/mol. The van der Waals surface area contributed by atoms with Crippen molar-refractivity contribution in [3.63, 3.8) is 0 Å². The van der Waals surface area contributed by atoms with Crippen molar-refractivity contribution in [1.29, 1.82) is 0 Å². The first kappa shape index (κ1) is 18.5. The Kier molecular flexibility index (Phi) is 5.45. The summed E-state index contributed by atoms with van der Waals surface area (Å²) >= 11 is 0. The second-order valence-corrected chi connectivity index (χ2v) is 6.33. The first-order valence-electron chi connectivity index (χ1n) is 8.81. The zero-order valence-electron chi connectivity index (χ0n) is 15.3. The summed E-state index contributed by atoms with van der Waals surface area (Å²) in [5, 5.41) is 2.74. The summed E-state index contributed by atoms with van der Waals surface area (Å²) in [5.74, 6) is 0.750. The van der Waals surface area contributed by atoms with Crippen LogP contribution < -0.4 is 20.5 Å². The fourth-order valence-corrected chi connectivity index (χ4v) is 2.93. The molecule has 0 aliphatic carbocycles. The predicted octanol–water partition coefficient (Wildman–Crippen LogP) is 3.16. The maximum absolute atomic E-state index is 12.2. The van der Waals surface area contributed by atoms with Crippen molar-refractivity contribution < 1.29 is 19.1 Å². The monoisotopic (exact) mass is 366 g/mol. The summed E-state index contributed by atoms with van der Waals surface area (Å²) in [6.07, 6.45) is 4.12. The zero-order chi connectivity index (χ0) is 19.4. The molecule has 0 radical (unpaired) electrons. The van der Waals surface area contributed by atoms with E-state index < -0.39 is 5.91 Å². The van der Waals surface area contributed by atoms with Crippen LogP contribution in [0.15, 0.2) is 42.5 Å². The van der Waals surface area contributed by atoms with Crippen molar-refractivity contribution in [3.05, 3.63) is 59.2 Å². The lowest BCUT2D eigenvalue weighted by Crippen LogP contribution is -2.11. The van der Waals surface area contributed by atoms with Crippen molar-refractivity contribution in [2.45, 2.75) is 26.4 Å². The van der Waals surface area contributed by atoms with Crippen LogP contribution in [0, 0.1) is 0 Å². The summed E-state index contributed by atoms with van der Waals surface area (Å²) in [6.45, 7) is 4.48. The molecule has 3 N–H and O–H groups in total. The minimum atomic E-state index is -0.510. The Labute approximate surface area is 158 Å². The Bertz CT molecular complexity index is 888. The van der Waals surface area contributed by atoms with E-state index >= 15 is 0 Å². The Balaban J connectivity index is 1.73. The molecule has 0 saturated carbocycles. The van der Waals surface area contributed by atoms with E-state index in [1.54, 1.807) is 30.3 Å². The molecule has 0 spiro atoms. The van der Waals surface area contributed by atoms with Gasteiger partial charge in [0.05, 0.1) is 6.61 Å². The molecule has 0 bridgehead atoms. The Morgan fingerprint density at radius 2 is 2.04 bits per heavy atom. The lowest BCUT2D eigenvalue weighted by Gasteiger charge is -2.10. The highest BCUT2D eigenvalue weighted by Crippen LogP contribution is 2.35. The number of carbonyl (C=O) groups excluding carboxylic acids is 2. The lowest BCUT2D eigenvalue weighted by atomic mass is 10.1. The molecule has 6 nitrogen and oxygen atoms in total. The van der Waals surface area contributed by atoms with Gasteiger partial charge in [-0.2, -0.15) is 0 Å². The van der Waals surface area contributed by atoms with Crippen molar-refractivity contribution in [3.8, 4) is 11.5 Å². The summed E-state index contributed by atoms with van der Waals surface area (Å²) in [5.41, 5.74) is 8.06. The highest BCUT2D eigenvalue weighted by atomic mass is 16.5. The molecule has 2 aromatic rings. The number of primary amides is 1. The molecule has 0 fully saturated rings. The van der Waals surface area contributed by atoms with Gasteiger partial charge in [-0.15, -0.1) is 0 Å². The van der Waals surface area contributed by atoms with Crippen LogP contribution in [0.4, 0.5) is 5.69 Å². The van der Waals surface area contributed by atoms with Gasteiger partial charge in [0.25, 0.3) is 0 Å². The van der Waals surface area contributed by atoms with E-state index in [-0.39, 0.29) is 12.0 Å². The topological polar surface area (TPSA) is 90.6 Å². The number of amides is 2. The second-order valence-electron chi connectivity index (χ2n) is 6.33. The number of hydrogen-bond acceptors (Lipinski definition) is 4. The molecule has 0 unspecified atom stereocenters. The molecule has 27 heavy (non-hydrogen) atoms. The van der Waals surface area contributed by atoms with Gasteiger partial charge in [0, 0.05) is 34.9 Å². The van der Waals surface area contributed by atoms with Crippen LogP contribution in [-0.4, -0.2) is 24.5 Å². The molecule has 1 aliphatic heterocycles. The van der Waals surface area contributed by atoms with Gasteiger partial charge in [-0.3, -0.25) is 9.59 Å². The van der Waals surface area contributed by atoms with Crippen LogP contribution in [0.1, 0.15) is 35.3 Å². The van der Waals surface area contributed by atoms with E-state index in [4.69, 9.17) is 15.2 Å². The number of carbonyl (C=O) groups is 2. The van der Waals surface area contributed by atoms with Gasteiger partial charge >= 0.3 is 0 Å². The van der Waals surface area contributed by atoms with Gasteiger partial charge < -0.3 is 20.5 Å². The molecule has 1 atom stereocenters. The van der Waals surface area contributed by atoms with Crippen LogP contribution >= 0.6 is 0 Å². The molecule has 140 valence electrons. The van der Waals surface area contributed by atoms with Gasteiger partial charge in [0.15, 0.2) is 0 Å². The number of hydrogen-bond donors (Lipinski definition) is 2.